The van der Waals surface area contributed by atoms with E-state index in [1.807, 2.05) is 0 Å². The van der Waals surface area contributed by atoms with Crippen LogP contribution in [-0.4, -0.2) is 39.1 Å². The molecule has 0 saturated carbocycles. The minimum Gasteiger partial charge on any atom is -1.00 e. The molecule has 0 aliphatic carbocycles. The molecule has 1 heterocycles. The molecule has 0 atom stereocenters. The standard InChI is InChI=1S/C13H22N.C3H6N6.ClH/c1-4-14(5-2,6-3)12-13-10-8-7-9-11-13;4-1-7-2(5)9-3(6)8-1;/h7-11H,4-6,12H2,1-3H3;(H6,4,5,6,7,8,9);1H/q+1;;/p-1. The van der Waals surface area contributed by atoms with Crippen molar-refractivity contribution >= 4 is 17.8 Å². The molecule has 134 valence electrons. The molecule has 24 heavy (non-hydrogen) atoms. The van der Waals surface area contributed by atoms with E-state index in [0.717, 1.165) is 0 Å². The van der Waals surface area contributed by atoms with E-state index in [4.69, 9.17) is 17.2 Å². The summed E-state index contributed by atoms with van der Waals surface area (Å²) in [7, 11) is 0. The highest BCUT2D eigenvalue weighted by Crippen LogP contribution is 2.13. The molecule has 0 unspecified atom stereocenters. The summed E-state index contributed by atoms with van der Waals surface area (Å²) in [6.45, 7) is 11.7. The van der Waals surface area contributed by atoms with Crippen LogP contribution in [0, 0.1) is 0 Å². The van der Waals surface area contributed by atoms with Crippen LogP contribution in [0.25, 0.3) is 0 Å². The smallest absolute Gasteiger partial charge is 0.226 e. The Bertz CT molecular complexity index is 529. The fourth-order valence-corrected chi connectivity index (χ4v) is 2.40. The number of hydrogen-bond acceptors (Lipinski definition) is 6. The Hall–Kier alpha value is -2.12. The predicted octanol–water partition coefficient (Wildman–Crippen LogP) is -1.31. The first-order valence-electron chi connectivity index (χ1n) is 7.86. The first-order valence-corrected chi connectivity index (χ1v) is 7.86. The zero-order chi connectivity index (χ0) is 17.3. The van der Waals surface area contributed by atoms with Gasteiger partial charge >= 0.3 is 0 Å². The van der Waals surface area contributed by atoms with Crippen LogP contribution in [0.1, 0.15) is 26.3 Å². The van der Waals surface area contributed by atoms with Gasteiger partial charge in [-0.05, 0) is 20.8 Å². The van der Waals surface area contributed by atoms with Crippen LogP contribution in [0.5, 0.6) is 0 Å². The van der Waals surface area contributed by atoms with Gasteiger partial charge in [0.2, 0.25) is 17.8 Å². The summed E-state index contributed by atoms with van der Waals surface area (Å²) in [6, 6.07) is 10.8. The molecule has 0 amide bonds. The number of rotatable bonds is 5. The predicted molar refractivity (Wildman–Crippen MR) is 95.1 cm³/mol. The largest absolute Gasteiger partial charge is 1.00 e. The van der Waals surface area contributed by atoms with Gasteiger partial charge in [0.15, 0.2) is 0 Å². The Morgan fingerprint density at radius 2 is 1.12 bits per heavy atom. The number of halogens is 1. The van der Waals surface area contributed by atoms with Gasteiger partial charge in [-0.1, -0.05) is 30.3 Å². The summed E-state index contributed by atoms with van der Waals surface area (Å²) in [5.74, 6) is 0.125. The molecule has 0 saturated heterocycles. The summed E-state index contributed by atoms with van der Waals surface area (Å²) >= 11 is 0. The van der Waals surface area contributed by atoms with Crippen LogP contribution < -0.4 is 29.6 Å². The molecule has 2 aromatic rings. The number of benzene rings is 1. The highest BCUT2D eigenvalue weighted by molar-refractivity contribution is 5.33. The summed E-state index contributed by atoms with van der Waals surface area (Å²) in [4.78, 5) is 10.5. The third-order valence-corrected chi connectivity index (χ3v) is 4.06. The molecule has 1 aromatic heterocycles. The first kappa shape index (κ1) is 21.9. The van der Waals surface area contributed by atoms with Crippen molar-refractivity contribution in [2.45, 2.75) is 27.3 Å². The molecular weight excluding hydrogens is 326 g/mol. The molecule has 2 rings (SSSR count). The lowest BCUT2D eigenvalue weighted by Gasteiger charge is -2.35. The van der Waals surface area contributed by atoms with Crippen molar-refractivity contribution in [3.05, 3.63) is 35.9 Å². The number of nitrogens with zero attached hydrogens (tertiary/aromatic N) is 4. The molecule has 0 radical (unpaired) electrons. The van der Waals surface area contributed by atoms with E-state index in [1.54, 1.807) is 0 Å². The molecule has 0 aliphatic heterocycles. The fraction of sp³-hybridized carbons (Fsp3) is 0.438. The third kappa shape index (κ3) is 6.97. The lowest BCUT2D eigenvalue weighted by molar-refractivity contribution is -0.936. The van der Waals surface area contributed by atoms with E-state index < -0.39 is 0 Å². The zero-order valence-electron chi connectivity index (χ0n) is 14.6. The quantitative estimate of drug-likeness (QED) is 0.574. The summed E-state index contributed by atoms with van der Waals surface area (Å²) in [6.07, 6.45) is 0. The third-order valence-electron chi connectivity index (χ3n) is 4.06. The topological polar surface area (TPSA) is 117 Å². The van der Waals surface area contributed by atoms with Gasteiger partial charge in [0.1, 0.15) is 6.54 Å². The van der Waals surface area contributed by atoms with Crippen molar-refractivity contribution < 1.29 is 16.9 Å². The highest BCUT2D eigenvalue weighted by Gasteiger charge is 2.20. The van der Waals surface area contributed by atoms with Gasteiger partial charge in [-0.25, -0.2) is 0 Å². The lowest BCUT2D eigenvalue weighted by atomic mass is 10.2. The fourth-order valence-electron chi connectivity index (χ4n) is 2.40. The Balaban J connectivity index is 0.000000460. The second-order valence-corrected chi connectivity index (χ2v) is 5.34. The van der Waals surface area contributed by atoms with Crippen LogP contribution in [0.15, 0.2) is 30.3 Å². The summed E-state index contributed by atoms with van der Waals surface area (Å²) < 4.78 is 1.20. The Labute approximate surface area is 150 Å². The Morgan fingerprint density at radius 3 is 1.46 bits per heavy atom. The van der Waals surface area contributed by atoms with Gasteiger partial charge in [0.25, 0.3) is 0 Å². The van der Waals surface area contributed by atoms with Crippen LogP contribution in [0.4, 0.5) is 17.8 Å². The van der Waals surface area contributed by atoms with Crippen molar-refractivity contribution in [2.75, 3.05) is 36.8 Å². The maximum atomic E-state index is 5.14. The Morgan fingerprint density at radius 1 is 0.750 bits per heavy atom. The first-order chi connectivity index (χ1) is 10.9. The molecule has 0 spiro atoms. The molecular formula is C16H28ClN7. The van der Waals surface area contributed by atoms with E-state index >= 15 is 0 Å². The van der Waals surface area contributed by atoms with Crippen LogP contribution in [0.3, 0.4) is 0 Å². The number of nitrogen functional groups attached to an aromatic ring is 3. The second kappa shape index (κ2) is 10.6. The number of aromatic nitrogens is 3. The van der Waals surface area contributed by atoms with Gasteiger partial charge in [-0.15, -0.1) is 0 Å². The number of nitrogens with two attached hydrogens (primary N) is 3. The molecule has 0 aliphatic rings. The van der Waals surface area contributed by atoms with E-state index in [9.17, 15) is 0 Å². The molecule has 1 aromatic carbocycles. The minimum absolute atomic E-state index is 0. The summed E-state index contributed by atoms with van der Waals surface area (Å²) in [5.41, 5.74) is 16.9. The number of hydrogen-bond donors (Lipinski definition) is 3. The normalized spacial score (nSPS) is 10.3. The van der Waals surface area contributed by atoms with E-state index in [-0.39, 0.29) is 30.3 Å². The number of quaternary nitrogens is 1. The molecule has 8 heteroatoms. The van der Waals surface area contributed by atoms with Gasteiger partial charge in [-0.2, -0.15) is 15.0 Å². The zero-order valence-corrected chi connectivity index (χ0v) is 15.4. The average molecular weight is 354 g/mol. The average Bonchev–Trinajstić information content (AvgIpc) is 2.53. The van der Waals surface area contributed by atoms with Gasteiger partial charge in [0, 0.05) is 5.56 Å². The van der Waals surface area contributed by atoms with Gasteiger partial charge < -0.3 is 34.1 Å². The van der Waals surface area contributed by atoms with Crippen molar-refractivity contribution in [3.63, 3.8) is 0 Å². The summed E-state index contributed by atoms with van der Waals surface area (Å²) in [5, 5.41) is 0. The second-order valence-electron chi connectivity index (χ2n) is 5.34. The SMILES string of the molecule is CC[N+](CC)(CC)Cc1ccccc1.Nc1nc(N)nc(N)n1.[Cl-]. The molecule has 0 bridgehead atoms. The maximum absolute atomic E-state index is 5.14. The van der Waals surface area contributed by atoms with Crippen LogP contribution >= 0.6 is 0 Å². The van der Waals surface area contributed by atoms with Crippen LogP contribution in [0.2, 0.25) is 0 Å². The van der Waals surface area contributed by atoms with Crippen LogP contribution in [-0.2, 0) is 6.54 Å². The van der Waals surface area contributed by atoms with Crippen molar-refractivity contribution in [3.8, 4) is 0 Å². The molecule has 0 fully saturated rings. The maximum Gasteiger partial charge on any atom is 0.226 e. The lowest BCUT2D eigenvalue weighted by Crippen LogP contribution is -3.00. The van der Waals surface area contributed by atoms with E-state index in [1.165, 1.54) is 36.2 Å². The highest BCUT2D eigenvalue weighted by atomic mass is 35.5. The minimum atomic E-state index is 0. The van der Waals surface area contributed by atoms with E-state index in [0.29, 0.717) is 0 Å². The monoisotopic (exact) mass is 353 g/mol. The van der Waals surface area contributed by atoms with Gasteiger partial charge in [0.05, 0.1) is 19.6 Å². The van der Waals surface area contributed by atoms with Crippen molar-refractivity contribution in [1.29, 1.82) is 0 Å². The Kier molecular flexibility index (Phi) is 9.68. The molecule has 6 N–H and O–H groups in total. The van der Waals surface area contributed by atoms with Crippen molar-refractivity contribution in [2.24, 2.45) is 0 Å². The van der Waals surface area contributed by atoms with Crippen molar-refractivity contribution in [1.82, 2.24) is 15.0 Å². The molecule has 7 nitrogen and oxygen atoms in total. The van der Waals surface area contributed by atoms with E-state index in [2.05, 4.69) is 66.1 Å². The number of anilines is 3. The van der Waals surface area contributed by atoms with Gasteiger partial charge in [-0.3, -0.25) is 0 Å².